The van der Waals surface area contributed by atoms with Crippen molar-refractivity contribution >= 4 is 0 Å². The van der Waals surface area contributed by atoms with Crippen LogP contribution >= 0.6 is 0 Å². The van der Waals surface area contributed by atoms with Crippen molar-refractivity contribution in [2.24, 2.45) is 0 Å². The average Bonchev–Trinajstić information content (AvgIpc) is 2.65. The van der Waals surface area contributed by atoms with Crippen LogP contribution in [0.2, 0.25) is 0 Å². The molecular formula is C10H22N2O2. The third-order valence-corrected chi connectivity index (χ3v) is 2.56. The fraction of sp³-hybridized carbons (Fsp3) is 1.00. The quantitative estimate of drug-likeness (QED) is 0.483. The van der Waals surface area contributed by atoms with Crippen molar-refractivity contribution in [1.29, 1.82) is 0 Å². The highest BCUT2D eigenvalue weighted by Gasteiger charge is 2.14. The van der Waals surface area contributed by atoms with Gasteiger partial charge < -0.3 is 20.4 Å². The number of hydrogen-bond donors (Lipinski definition) is 3. The van der Waals surface area contributed by atoms with E-state index in [1.54, 1.807) is 0 Å². The molecule has 1 heterocycles. The van der Waals surface area contributed by atoms with Crippen molar-refractivity contribution < 1.29 is 10.2 Å². The van der Waals surface area contributed by atoms with Gasteiger partial charge in [0.25, 0.3) is 0 Å². The Balaban J connectivity index is 1.95. The lowest BCUT2D eigenvalue weighted by Gasteiger charge is -2.19. The summed E-state index contributed by atoms with van der Waals surface area (Å²) >= 11 is 0. The average molecular weight is 202 g/mol. The summed E-state index contributed by atoms with van der Waals surface area (Å²) in [7, 11) is 0. The molecule has 0 aromatic rings. The minimum atomic E-state index is -0.271. The molecule has 1 aliphatic heterocycles. The number of aliphatic hydroxyl groups is 2. The Labute approximate surface area is 85.9 Å². The van der Waals surface area contributed by atoms with Gasteiger partial charge in [0.05, 0.1) is 6.10 Å². The van der Waals surface area contributed by atoms with Crippen LogP contribution in [0.3, 0.4) is 0 Å². The van der Waals surface area contributed by atoms with Crippen molar-refractivity contribution in [1.82, 2.24) is 10.2 Å². The predicted octanol–water partition coefficient (Wildman–Crippen LogP) is -0.585. The molecular weight excluding hydrogens is 180 g/mol. The van der Waals surface area contributed by atoms with E-state index in [9.17, 15) is 5.11 Å². The molecule has 0 spiro atoms. The van der Waals surface area contributed by atoms with E-state index in [4.69, 9.17) is 5.11 Å². The first-order valence-electron chi connectivity index (χ1n) is 5.55. The Morgan fingerprint density at radius 3 is 2.64 bits per heavy atom. The maximum absolute atomic E-state index is 9.64. The molecule has 1 fully saturated rings. The normalized spacial score (nSPS) is 20.1. The van der Waals surface area contributed by atoms with Gasteiger partial charge in [-0.2, -0.15) is 0 Å². The van der Waals surface area contributed by atoms with Gasteiger partial charge >= 0.3 is 0 Å². The molecule has 14 heavy (non-hydrogen) atoms. The van der Waals surface area contributed by atoms with Gasteiger partial charge in [0.15, 0.2) is 0 Å². The van der Waals surface area contributed by atoms with Crippen LogP contribution in [-0.4, -0.2) is 60.5 Å². The van der Waals surface area contributed by atoms with E-state index in [0.717, 1.165) is 32.6 Å². The summed E-state index contributed by atoms with van der Waals surface area (Å²) < 4.78 is 0. The number of nitrogens with one attached hydrogen (secondary N) is 1. The largest absolute Gasteiger partial charge is 0.396 e. The number of likely N-dealkylation sites (tertiary alicyclic amines) is 1. The number of nitrogens with zero attached hydrogens (tertiary/aromatic N) is 1. The highest BCUT2D eigenvalue weighted by atomic mass is 16.3. The van der Waals surface area contributed by atoms with Gasteiger partial charge in [-0.1, -0.05) is 0 Å². The second-order valence-electron chi connectivity index (χ2n) is 3.94. The zero-order valence-electron chi connectivity index (χ0n) is 8.78. The number of aliphatic hydroxyl groups excluding tert-OH is 2. The monoisotopic (exact) mass is 202 g/mol. The number of hydrogen-bond acceptors (Lipinski definition) is 4. The highest BCUT2D eigenvalue weighted by molar-refractivity contribution is 4.71. The summed E-state index contributed by atoms with van der Waals surface area (Å²) in [5.74, 6) is 0. The first kappa shape index (κ1) is 11.9. The van der Waals surface area contributed by atoms with Crippen molar-refractivity contribution in [3.63, 3.8) is 0 Å². The Kier molecular flexibility index (Phi) is 6.10. The van der Waals surface area contributed by atoms with Crippen LogP contribution in [0.5, 0.6) is 0 Å². The second kappa shape index (κ2) is 7.17. The van der Waals surface area contributed by atoms with E-state index in [1.165, 1.54) is 12.8 Å². The van der Waals surface area contributed by atoms with Crippen LogP contribution in [0.4, 0.5) is 0 Å². The predicted molar refractivity (Wildman–Crippen MR) is 56.3 cm³/mol. The Hall–Kier alpha value is -0.160. The molecule has 0 bridgehead atoms. The van der Waals surface area contributed by atoms with Crippen molar-refractivity contribution in [2.75, 3.05) is 39.3 Å². The first-order valence-corrected chi connectivity index (χ1v) is 5.55. The van der Waals surface area contributed by atoms with Crippen molar-refractivity contribution in [3.05, 3.63) is 0 Å². The SMILES string of the molecule is OCCCNCC(O)CN1CCCC1. The Morgan fingerprint density at radius 2 is 2.00 bits per heavy atom. The van der Waals surface area contributed by atoms with E-state index < -0.39 is 0 Å². The molecule has 84 valence electrons. The van der Waals surface area contributed by atoms with Gasteiger partial charge in [-0.05, 0) is 38.9 Å². The second-order valence-corrected chi connectivity index (χ2v) is 3.94. The molecule has 1 unspecified atom stereocenters. The highest BCUT2D eigenvalue weighted by Crippen LogP contribution is 2.07. The molecule has 4 heteroatoms. The molecule has 0 aromatic heterocycles. The van der Waals surface area contributed by atoms with Gasteiger partial charge in [-0.15, -0.1) is 0 Å². The fourth-order valence-corrected chi connectivity index (χ4v) is 1.80. The van der Waals surface area contributed by atoms with Crippen LogP contribution in [-0.2, 0) is 0 Å². The molecule has 0 aliphatic carbocycles. The maximum atomic E-state index is 9.64. The Bertz CT molecular complexity index is 138. The summed E-state index contributed by atoms with van der Waals surface area (Å²) in [5, 5.41) is 21.3. The van der Waals surface area contributed by atoms with Gasteiger partial charge in [0, 0.05) is 19.7 Å². The molecule has 0 aromatic carbocycles. The summed E-state index contributed by atoms with van der Waals surface area (Å²) in [6.45, 7) is 4.69. The van der Waals surface area contributed by atoms with Crippen molar-refractivity contribution in [3.8, 4) is 0 Å². The van der Waals surface area contributed by atoms with E-state index in [-0.39, 0.29) is 12.7 Å². The lowest BCUT2D eigenvalue weighted by atomic mass is 10.3. The van der Waals surface area contributed by atoms with Crippen LogP contribution in [0.15, 0.2) is 0 Å². The third-order valence-electron chi connectivity index (χ3n) is 2.56. The zero-order valence-corrected chi connectivity index (χ0v) is 8.78. The van der Waals surface area contributed by atoms with E-state index >= 15 is 0 Å². The fourth-order valence-electron chi connectivity index (χ4n) is 1.80. The molecule has 3 N–H and O–H groups in total. The standard InChI is InChI=1S/C10H22N2O2/c13-7-3-4-11-8-10(14)9-12-5-1-2-6-12/h10-11,13-14H,1-9H2. The molecule has 1 atom stereocenters. The first-order chi connectivity index (χ1) is 6.83. The summed E-state index contributed by atoms with van der Waals surface area (Å²) in [6, 6.07) is 0. The Morgan fingerprint density at radius 1 is 1.29 bits per heavy atom. The van der Waals surface area contributed by atoms with Crippen LogP contribution in [0, 0.1) is 0 Å². The summed E-state index contributed by atoms with van der Waals surface area (Å²) in [5.41, 5.74) is 0. The minimum Gasteiger partial charge on any atom is -0.396 e. The zero-order chi connectivity index (χ0) is 10.2. The molecule has 0 saturated carbocycles. The molecule has 1 saturated heterocycles. The third kappa shape index (κ3) is 4.91. The number of rotatable bonds is 7. The van der Waals surface area contributed by atoms with Gasteiger partial charge in [-0.3, -0.25) is 0 Å². The lowest BCUT2D eigenvalue weighted by Crippen LogP contribution is -2.37. The van der Waals surface area contributed by atoms with Crippen LogP contribution < -0.4 is 5.32 Å². The van der Waals surface area contributed by atoms with Crippen molar-refractivity contribution in [2.45, 2.75) is 25.4 Å². The van der Waals surface area contributed by atoms with Crippen LogP contribution in [0.1, 0.15) is 19.3 Å². The van der Waals surface area contributed by atoms with Gasteiger partial charge in [0.1, 0.15) is 0 Å². The van der Waals surface area contributed by atoms with E-state index in [1.807, 2.05) is 0 Å². The summed E-state index contributed by atoms with van der Waals surface area (Å²) in [6.07, 6.45) is 3.03. The van der Waals surface area contributed by atoms with Gasteiger partial charge in [0.2, 0.25) is 0 Å². The molecule has 4 nitrogen and oxygen atoms in total. The minimum absolute atomic E-state index is 0.217. The van der Waals surface area contributed by atoms with E-state index in [0.29, 0.717) is 6.54 Å². The summed E-state index contributed by atoms with van der Waals surface area (Å²) in [4.78, 5) is 2.30. The van der Waals surface area contributed by atoms with E-state index in [2.05, 4.69) is 10.2 Å². The smallest absolute Gasteiger partial charge is 0.0791 e. The molecule has 1 aliphatic rings. The maximum Gasteiger partial charge on any atom is 0.0791 e. The molecule has 1 rings (SSSR count). The molecule has 0 amide bonds. The van der Waals surface area contributed by atoms with Gasteiger partial charge in [-0.25, -0.2) is 0 Å². The molecule has 0 radical (unpaired) electrons. The van der Waals surface area contributed by atoms with Crippen LogP contribution in [0.25, 0.3) is 0 Å². The number of β-amino-alcohol motifs (C(OH)–C–C–N with tert-alkyl or cyclic N) is 1. The topological polar surface area (TPSA) is 55.7 Å². The lowest BCUT2D eigenvalue weighted by molar-refractivity contribution is 0.123.